The topological polar surface area (TPSA) is 35.5 Å². The number of para-hydroxylation sites is 1. The molecule has 0 radical (unpaired) electrons. The predicted octanol–water partition coefficient (Wildman–Crippen LogP) is 12.1. The molecule has 0 fully saturated rings. The molecule has 4 heteroatoms. The van der Waals surface area contributed by atoms with Crippen LogP contribution >= 0.6 is 11.8 Å². The van der Waals surface area contributed by atoms with E-state index in [1.165, 1.54) is 120 Å². The van der Waals surface area contributed by atoms with Crippen molar-refractivity contribution in [3.63, 3.8) is 0 Å². The first-order chi connectivity index (χ1) is 20.7. The van der Waals surface area contributed by atoms with E-state index in [1.807, 2.05) is 43.8 Å². The van der Waals surface area contributed by atoms with Gasteiger partial charge in [0.2, 0.25) is 0 Å². The van der Waals surface area contributed by atoms with E-state index in [9.17, 15) is 4.79 Å². The molecule has 0 spiro atoms. The third kappa shape index (κ3) is 15.9. The van der Waals surface area contributed by atoms with Crippen LogP contribution in [0, 0.1) is 0 Å². The number of carbonyl (C=O) groups is 1. The van der Waals surface area contributed by atoms with Crippen LogP contribution in [0.5, 0.6) is 11.5 Å². The number of allylic oxidation sites excluding steroid dienone is 1. The van der Waals surface area contributed by atoms with Crippen LogP contribution in [0.15, 0.2) is 53.4 Å². The lowest BCUT2D eigenvalue weighted by molar-refractivity contribution is 0.104. The third-order valence-corrected chi connectivity index (χ3v) is 8.76. The molecule has 2 aromatic rings. The number of thioether (sulfide) groups is 1. The second-order valence-electron chi connectivity index (χ2n) is 11.3. The summed E-state index contributed by atoms with van der Waals surface area (Å²) in [5.74, 6) is 2.22. The monoisotopic (exact) mass is 594 g/mol. The van der Waals surface area contributed by atoms with Crippen LogP contribution in [-0.2, 0) is 0 Å². The maximum absolute atomic E-state index is 12.9. The highest BCUT2D eigenvalue weighted by atomic mass is 32.2. The van der Waals surface area contributed by atoms with Crippen LogP contribution in [-0.4, -0.2) is 24.7 Å². The van der Waals surface area contributed by atoms with Gasteiger partial charge < -0.3 is 9.47 Å². The van der Waals surface area contributed by atoms with Gasteiger partial charge in [0.1, 0.15) is 0 Å². The lowest BCUT2D eigenvalue weighted by Crippen LogP contribution is -2.04. The zero-order valence-electron chi connectivity index (χ0n) is 27.0. The average molecular weight is 595 g/mol. The Balaban J connectivity index is 1.52. The first-order valence-electron chi connectivity index (χ1n) is 17.0. The van der Waals surface area contributed by atoms with Gasteiger partial charge in [0.05, 0.1) is 18.8 Å². The van der Waals surface area contributed by atoms with Gasteiger partial charge in [0.15, 0.2) is 17.3 Å². The van der Waals surface area contributed by atoms with Gasteiger partial charge in [-0.05, 0) is 61.9 Å². The highest BCUT2D eigenvalue weighted by Crippen LogP contribution is 2.32. The van der Waals surface area contributed by atoms with Crippen LogP contribution in [0.4, 0.5) is 0 Å². The van der Waals surface area contributed by atoms with Crippen molar-refractivity contribution >= 4 is 23.6 Å². The van der Waals surface area contributed by atoms with E-state index >= 15 is 0 Å². The molecule has 0 saturated heterocycles. The summed E-state index contributed by atoms with van der Waals surface area (Å²) in [6, 6.07) is 13.9. The maximum atomic E-state index is 12.9. The van der Waals surface area contributed by atoms with Gasteiger partial charge >= 0.3 is 0 Å². The Labute approximate surface area is 262 Å². The fraction of sp³-hybridized carbons (Fsp3) is 0.605. The second-order valence-corrected chi connectivity index (χ2v) is 12.4. The minimum atomic E-state index is -0.0859. The molecule has 42 heavy (non-hydrogen) atoms. The molecular weight excluding hydrogens is 536 g/mol. The molecule has 0 saturated carbocycles. The van der Waals surface area contributed by atoms with E-state index in [1.54, 1.807) is 12.1 Å². The van der Waals surface area contributed by atoms with E-state index in [0.29, 0.717) is 30.3 Å². The molecule has 0 N–H and O–H groups in total. The normalized spacial score (nSPS) is 11.3. The van der Waals surface area contributed by atoms with Crippen molar-refractivity contribution in [2.24, 2.45) is 0 Å². The molecule has 0 bridgehead atoms. The lowest BCUT2D eigenvalue weighted by atomic mass is 10.0. The fourth-order valence-corrected chi connectivity index (χ4v) is 6.14. The Bertz CT molecular complexity index is 982. The van der Waals surface area contributed by atoms with Crippen molar-refractivity contribution in [2.75, 3.05) is 19.0 Å². The molecular formula is C38H58O3S. The van der Waals surface area contributed by atoms with E-state index in [0.717, 1.165) is 5.56 Å². The number of hydrogen-bond donors (Lipinski definition) is 0. The number of benzene rings is 2. The Morgan fingerprint density at radius 3 is 1.69 bits per heavy atom. The lowest BCUT2D eigenvalue weighted by Gasteiger charge is -2.13. The summed E-state index contributed by atoms with van der Waals surface area (Å²) >= 11 is 1.93. The summed E-state index contributed by atoms with van der Waals surface area (Å²) in [4.78, 5) is 14.2. The number of hydrogen-bond acceptors (Lipinski definition) is 4. The summed E-state index contributed by atoms with van der Waals surface area (Å²) in [6.07, 6.45) is 27.5. The molecule has 0 aliphatic carbocycles. The molecule has 0 aliphatic heterocycles. The fourth-order valence-electron chi connectivity index (χ4n) is 5.23. The molecule has 3 nitrogen and oxygen atoms in total. The molecule has 0 aliphatic rings. The van der Waals surface area contributed by atoms with Crippen molar-refractivity contribution in [3.8, 4) is 11.5 Å². The summed E-state index contributed by atoms with van der Waals surface area (Å²) < 4.78 is 11.4. The Hall–Kier alpha value is -2.20. The van der Waals surface area contributed by atoms with Crippen LogP contribution < -0.4 is 9.47 Å². The van der Waals surface area contributed by atoms with E-state index in [4.69, 9.17) is 9.47 Å². The standard InChI is InChI=1S/C38H58O3S/c1-4-7-8-9-10-11-12-13-14-15-16-17-18-19-20-21-22-32-42-34-29-26-33(27-30-34)28-31-36(39)35-24-23-25-37(40-5-2)38(35)41-6-3/h23-31H,4-22,32H2,1-3H3/b31-28+. The first-order valence-corrected chi connectivity index (χ1v) is 18.0. The second kappa shape index (κ2) is 24.3. The van der Waals surface area contributed by atoms with E-state index in [-0.39, 0.29) is 5.78 Å². The van der Waals surface area contributed by atoms with Crippen molar-refractivity contribution < 1.29 is 14.3 Å². The smallest absolute Gasteiger partial charge is 0.189 e. The van der Waals surface area contributed by atoms with Gasteiger partial charge in [-0.25, -0.2) is 0 Å². The zero-order valence-corrected chi connectivity index (χ0v) is 27.8. The highest BCUT2D eigenvalue weighted by molar-refractivity contribution is 7.99. The Morgan fingerprint density at radius 1 is 0.643 bits per heavy atom. The van der Waals surface area contributed by atoms with Gasteiger partial charge in [0.25, 0.3) is 0 Å². The summed E-state index contributed by atoms with van der Waals surface area (Å²) in [5, 5.41) is 0. The van der Waals surface area contributed by atoms with Crippen molar-refractivity contribution in [2.45, 2.75) is 135 Å². The minimum absolute atomic E-state index is 0.0859. The first kappa shape index (κ1) is 36.0. The average Bonchev–Trinajstić information content (AvgIpc) is 3.01. The van der Waals surface area contributed by atoms with E-state index in [2.05, 4.69) is 31.2 Å². The largest absolute Gasteiger partial charge is 0.490 e. The number of unbranched alkanes of at least 4 members (excludes halogenated alkanes) is 16. The van der Waals surface area contributed by atoms with Crippen molar-refractivity contribution in [3.05, 3.63) is 59.7 Å². The van der Waals surface area contributed by atoms with Crippen LogP contribution in [0.3, 0.4) is 0 Å². The van der Waals surface area contributed by atoms with Crippen molar-refractivity contribution in [1.29, 1.82) is 0 Å². The molecule has 0 atom stereocenters. The van der Waals surface area contributed by atoms with E-state index < -0.39 is 0 Å². The summed E-state index contributed by atoms with van der Waals surface area (Å²) in [7, 11) is 0. The van der Waals surface area contributed by atoms with Gasteiger partial charge in [0, 0.05) is 4.90 Å². The highest BCUT2D eigenvalue weighted by Gasteiger charge is 2.15. The van der Waals surface area contributed by atoms with Gasteiger partial charge in [-0.15, -0.1) is 11.8 Å². The molecule has 2 aromatic carbocycles. The summed E-state index contributed by atoms with van der Waals surface area (Å²) in [5.41, 5.74) is 1.55. The van der Waals surface area contributed by atoms with Gasteiger partial charge in [-0.1, -0.05) is 134 Å². The van der Waals surface area contributed by atoms with Crippen molar-refractivity contribution in [1.82, 2.24) is 0 Å². The quantitative estimate of drug-likeness (QED) is 0.0470. The van der Waals surface area contributed by atoms with Crippen LogP contribution in [0.1, 0.15) is 146 Å². The van der Waals surface area contributed by atoms with Gasteiger partial charge in [-0.2, -0.15) is 0 Å². The molecule has 0 amide bonds. The Kier molecular flexibility index (Phi) is 20.8. The van der Waals surface area contributed by atoms with Crippen LogP contribution in [0.25, 0.3) is 6.08 Å². The minimum Gasteiger partial charge on any atom is -0.490 e. The van der Waals surface area contributed by atoms with Gasteiger partial charge in [-0.3, -0.25) is 4.79 Å². The predicted molar refractivity (Wildman–Crippen MR) is 183 cm³/mol. The molecule has 234 valence electrons. The maximum Gasteiger partial charge on any atom is 0.189 e. The van der Waals surface area contributed by atoms with Crippen LogP contribution in [0.2, 0.25) is 0 Å². The molecule has 0 unspecified atom stereocenters. The zero-order chi connectivity index (χ0) is 30.1. The Morgan fingerprint density at radius 2 is 1.17 bits per heavy atom. The SMILES string of the molecule is CCCCCCCCCCCCCCCCCCCSc1ccc(/C=C/C(=O)c2cccc(OCC)c2OCC)cc1. The third-order valence-electron chi connectivity index (χ3n) is 7.66. The summed E-state index contributed by atoms with van der Waals surface area (Å²) in [6.45, 7) is 7.13. The molecule has 0 aromatic heterocycles. The molecule has 0 heterocycles. The number of rotatable bonds is 26. The number of carbonyl (C=O) groups excluding carboxylic acids is 1. The molecule has 2 rings (SSSR count). The number of ether oxygens (including phenoxy) is 2. The number of ketones is 1.